The number of pyridine rings is 2. The van der Waals surface area contributed by atoms with Gasteiger partial charge < -0.3 is 10.6 Å². The van der Waals surface area contributed by atoms with Crippen molar-refractivity contribution in [1.29, 1.82) is 0 Å². The summed E-state index contributed by atoms with van der Waals surface area (Å²) in [5.41, 5.74) is 10.4. The Morgan fingerprint density at radius 2 is 2.29 bits per heavy atom. The van der Waals surface area contributed by atoms with Crippen molar-refractivity contribution >= 4 is 23.0 Å². The third-order valence-electron chi connectivity index (χ3n) is 3.80. The molecule has 2 heterocycles. The molecule has 5 heteroatoms. The minimum atomic E-state index is 0.408. The average molecular weight is 298 g/mol. The average Bonchev–Trinajstić information content (AvgIpc) is 2.94. The van der Waals surface area contributed by atoms with Crippen molar-refractivity contribution in [3.63, 3.8) is 0 Å². The lowest BCUT2D eigenvalue weighted by Gasteiger charge is -2.22. The Hall–Kier alpha value is -2.01. The number of anilines is 1. The summed E-state index contributed by atoms with van der Waals surface area (Å²) in [6.07, 6.45) is 6.92. The zero-order valence-corrected chi connectivity index (χ0v) is 12.9. The summed E-state index contributed by atoms with van der Waals surface area (Å²) in [4.78, 5) is 11.5. The Kier molecular flexibility index (Phi) is 3.84. The quantitative estimate of drug-likeness (QED) is 0.877. The summed E-state index contributed by atoms with van der Waals surface area (Å²) in [5, 5.41) is 0. The number of aromatic nitrogens is 2. The number of nitrogens with two attached hydrogens (primary N) is 1. The van der Waals surface area contributed by atoms with E-state index in [0.29, 0.717) is 4.99 Å². The van der Waals surface area contributed by atoms with Gasteiger partial charge in [0, 0.05) is 31.7 Å². The first-order valence-corrected chi connectivity index (χ1v) is 7.48. The first-order valence-electron chi connectivity index (χ1n) is 7.08. The summed E-state index contributed by atoms with van der Waals surface area (Å²) >= 11 is 5.20. The number of hydrogen-bond acceptors (Lipinski definition) is 4. The molecular formula is C16H18N4S. The fourth-order valence-corrected chi connectivity index (χ4v) is 2.92. The van der Waals surface area contributed by atoms with Gasteiger partial charge in [-0.15, -0.1) is 0 Å². The number of thiocarbonyl (C=S) groups is 1. The maximum atomic E-state index is 5.89. The van der Waals surface area contributed by atoms with Crippen LogP contribution in [0.5, 0.6) is 0 Å². The van der Waals surface area contributed by atoms with E-state index in [1.54, 1.807) is 6.20 Å². The van der Waals surface area contributed by atoms with E-state index in [9.17, 15) is 0 Å². The smallest absolute Gasteiger partial charge is 0.139 e. The highest BCUT2D eigenvalue weighted by Gasteiger charge is 2.19. The van der Waals surface area contributed by atoms with Crippen LogP contribution in [0.4, 0.5) is 5.82 Å². The Morgan fingerprint density at radius 1 is 1.43 bits per heavy atom. The van der Waals surface area contributed by atoms with E-state index >= 15 is 0 Å². The van der Waals surface area contributed by atoms with Gasteiger partial charge in [-0.1, -0.05) is 18.3 Å². The van der Waals surface area contributed by atoms with Crippen molar-refractivity contribution in [2.75, 3.05) is 11.9 Å². The van der Waals surface area contributed by atoms with Gasteiger partial charge in [0.25, 0.3) is 0 Å². The first-order chi connectivity index (χ1) is 10.1. The van der Waals surface area contributed by atoms with E-state index in [0.717, 1.165) is 42.8 Å². The maximum Gasteiger partial charge on any atom is 0.139 e. The third-order valence-corrected chi connectivity index (χ3v) is 4.02. The lowest BCUT2D eigenvalue weighted by atomic mass is 10.1. The molecule has 3 rings (SSSR count). The zero-order valence-electron chi connectivity index (χ0n) is 12.0. The molecule has 0 aromatic carbocycles. The van der Waals surface area contributed by atoms with Crippen molar-refractivity contribution in [1.82, 2.24) is 9.97 Å². The number of fused-ring (bicyclic) bond motifs is 1. The monoisotopic (exact) mass is 298 g/mol. The molecule has 0 atom stereocenters. The molecule has 4 nitrogen and oxygen atoms in total. The predicted octanol–water partition coefficient (Wildman–Crippen LogP) is 2.24. The van der Waals surface area contributed by atoms with Gasteiger partial charge in [-0.3, -0.25) is 4.98 Å². The second-order valence-electron chi connectivity index (χ2n) is 5.40. The lowest BCUT2D eigenvalue weighted by molar-refractivity contribution is 0.869. The number of aryl methyl sites for hydroxylation is 2. The highest BCUT2D eigenvalue weighted by molar-refractivity contribution is 7.80. The standard InChI is InChI=1S/C16H18N4S/c1-20(10-11-4-3-7-18-9-11)16-13(15(17)21)8-12-5-2-6-14(12)19-16/h3-4,7-9H,2,5-6,10H2,1H3,(H2,17,21). The van der Waals surface area contributed by atoms with Gasteiger partial charge in [-0.2, -0.15) is 0 Å². The largest absolute Gasteiger partial charge is 0.389 e. The van der Waals surface area contributed by atoms with E-state index in [4.69, 9.17) is 22.9 Å². The summed E-state index contributed by atoms with van der Waals surface area (Å²) in [6.45, 7) is 0.731. The van der Waals surface area contributed by atoms with Gasteiger partial charge in [0.05, 0.1) is 5.56 Å². The van der Waals surface area contributed by atoms with Crippen LogP contribution in [-0.2, 0) is 19.4 Å². The fraction of sp³-hybridized carbons (Fsp3) is 0.312. The molecule has 0 fully saturated rings. The number of nitrogens with zero attached hydrogens (tertiary/aromatic N) is 3. The Morgan fingerprint density at radius 3 is 3.00 bits per heavy atom. The van der Waals surface area contributed by atoms with Crippen LogP contribution in [0.25, 0.3) is 0 Å². The molecule has 2 N–H and O–H groups in total. The molecule has 2 aromatic rings. The first kappa shape index (κ1) is 13.9. The van der Waals surface area contributed by atoms with Gasteiger partial charge in [-0.25, -0.2) is 4.98 Å². The van der Waals surface area contributed by atoms with Crippen molar-refractivity contribution in [3.05, 3.63) is 53.0 Å². The fourth-order valence-electron chi connectivity index (χ4n) is 2.77. The van der Waals surface area contributed by atoms with Crippen LogP contribution in [0.2, 0.25) is 0 Å². The SMILES string of the molecule is CN(Cc1cccnc1)c1nc2c(cc1C(N)=S)CCC2. The second-order valence-corrected chi connectivity index (χ2v) is 5.84. The van der Waals surface area contributed by atoms with Crippen molar-refractivity contribution in [2.45, 2.75) is 25.8 Å². The summed E-state index contributed by atoms with van der Waals surface area (Å²) in [5.74, 6) is 0.868. The molecule has 1 aliphatic carbocycles. The lowest BCUT2D eigenvalue weighted by Crippen LogP contribution is -2.23. The van der Waals surface area contributed by atoms with Crippen LogP contribution in [0, 0.1) is 0 Å². The van der Waals surface area contributed by atoms with E-state index < -0.39 is 0 Å². The molecule has 108 valence electrons. The van der Waals surface area contributed by atoms with Crippen LogP contribution in [0.1, 0.15) is 28.8 Å². The minimum Gasteiger partial charge on any atom is -0.389 e. The molecule has 1 aliphatic rings. The number of rotatable bonds is 4. The molecule has 0 spiro atoms. The van der Waals surface area contributed by atoms with E-state index in [2.05, 4.69) is 22.0 Å². The molecule has 0 saturated carbocycles. The van der Waals surface area contributed by atoms with Crippen LogP contribution >= 0.6 is 12.2 Å². The number of hydrogen-bond donors (Lipinski definition) is 1. The molecule has 0 aliphatic heterocycles. The topological polar surface area (TPSA) is 55.0 Å². The Bertz CT molecular complexity index is 669. The van der Waals surface area contributed by atoms with Crippen LogP contribution in [-0.4, -0.2) is 22.0 Å². The van der Waals surface area contributed by atoms with Crippen LogP contribution < -0.4 is 10.6 Å². The van der Waals surface area contributed by atoms with Gasteiger partial charge in [0.15, 0.2) is 0 Å². The molecular weight excluding hydrogens is 280 g/mol. The molecule has 0 saturated heterocycles. The minimum absolute atomic E-state index is 0.408. The normalized spacial score (nSPS) is 13.0. The molecule has 0 unspecified atom stereocenters. The Balaban J connectivity index is 1.95. The van der Waals surface area contributed by atoms with Gasteiger partial charge in [0.1, 0.15) is 10.8 Å². The van der Waals surface area contributed by atoms with Crippen LogP contribution in [0.3, 0.4) is 0 Å². The molecule has 0 amide bonds. The van der Waals surface area contributed by atoms with E-state index in [1.807, 2.05) is 19.3 Å². The summed E-state index contributed by atoms with van der Waals surface area (Å²) in [7, 11) is 2.01. The predicted molar refractivity (Wildman–Crippen MR) is 88.5 cm³/mol. The highest BCUT2D eigenvalue weighted by Crippen LogP contribution is 2.27. The maximum absolute atomic E-state index is 5.89. The zero-order chi connectivity index (χ0) is 14.8. The molecule has 21 heavy (non-hydrogen) atoms. The highest BCUT2D eigenvalue weighted by atomic mass is 32.1. The van der Waals surface area contributed by atoms with Crippen molar-refractivity contribution < 1.29 is 0 Å². The van der Waals surface area contributed by atoms with Gasteiger partial charge in [0.2, 0.25) is 0 Å². The van der Waals surface area contributed by atoms with Gasteiger partial charge in [-0.05, 0) is 42.5 Å². The van der Waals surface area contributed by atoms with Crippen LogP contribution in [0.15, 0.2) is 30.6 Å². The molecule has 2 aromatic heterocycles. The third kappa shape index (κ3) is 2.88. The van der Waals surface area contributed by atoms with E-state index in [-0.39, 0.29) is 0 Å². The summed E-state index contributed by atoms with van der Waals surface area (Å²) < 4.78 is 0. The van der Waals surface area contributed by atoms with Crippen molar-refractivity contribution in [3.8, 4) is 0 Å². The van der Waals surface area contributed by atoms with Crippen molar-refractivity contribution in [2.24, 2.45) is 5.73 Å². The summed E-state index contributed by atoms with van der Waals surface area (Å²) in [6, 6.07) is 6.11. The second kappa shape index (κ2) is 5.77. The van der Waals surface area contributed by atoms with E-state index in [1.165, 1.54) is 11.3 Å². The van der Waals surface area contributed by atoms with Gasteiger partial charge >= 0.3 is 0 Å². The molecule has 0 bridgehead atoms. The Labute approximate surface area is 130 Å². The molecule has 0 radical (unpaired) electrons.